The van der Waals surface area contributed by atoms with Crippen molar-refractivity contribution in [2.45, 2.75) is 33.6 Å². The first-order valence-corrected chi connectivity index (χ1v) is 9.36. The second kappa shape index (κ2) is 8.63. The van der Waals surface area contributed by atoms with Crippen molar-refractivity contribution in [1.29, 1.82) is 0 Å². The lowest BCUT2D eigenvalue weighted by Gasteiger charge is -2.24. The Hall–Kier alpha value is -2.94. The molecule has 0 atom stereocenters. The second-order valence-corrected chi connectivity index (χ2v) is 7.05. The molecular weight excluding hydrogens is 332 g/mol. The molecule has 0 aliphatic rings. The summed E-state index contributed by atoms with van der Waals surface area (Å²) >= 11 is 0. The molecule has 0 fully saturated rings. The summed E-state index contributed by atoms with van der Waals surface area (Å²) in [6.07, 6.45) is 3.00. The van der Waals surface area contributed by atoms with Crippen molar-refractivity contribution in [2.24, 2.45) is 0 Å². The van der Waals surface area contributed by atoms with Crippen LogP contribution >= 0.6 is 0 Å². The molecule has 1 heterocycles. The van der Waals surface area contributed by atoms with Crippen molar-refractivity contribution >= 4 is 11.6 Å². The number of amides is 1. The standard InChI is InChI=1S/C24H26N2O/c1-18-9-11-22(25-17-18)13-14-26(23-12-10-19(2)20(3)15-23)24(27)16-21-7-5-4-6-8-21/h4-12,15,17H,13-14,16H2,1-3H3. The minimum atomic E-state index is 0.108. The smallest absolute Gasteiger partial charge is 0.231 e. The van der Waals surface area contributed by atoms with Gasteiger partial charge in [-0.15, -0.1) is 0 Å². The van der Waals surface area contributed by atoms with E-state index in [1.54, 1.807) is 0 Å². The van der Waals surface area contributed by atoms with Crippen molar-refractivity contribution in [3.05, 3.63) is 94.8 Å². The Morgan fingerprint density at radius 1 is 0.926 bits per heavy atom. The van der Waals surface area contributed by atoms with Crippen LogP contribution in [-0.2, 0) is 17.6 Å². The monoisotopic (exact) mass is 358 g/mol. The lowest BCUT2D eigenvalue weighted by atomic mass is 10.1. The van der Waals surface area contributed by atoms with Crippen LogP contribution in [0.3, 0.4) is 0 Å². The Morgan fingerprint density at radius 2 is 1.70 bits per heavy atom. The number of hydrogen-bond donors (Lipinski definition) is 0. The van der Waals surface area contributed by atoms with Crippen LogP contribution in [-0.4, -0.2) is 17.4 Å². The molecule has 1 amide bonds. The number of rotatable bonds is 6. The number of anilines is 1. The van der Waals surface area contributed by atoms with E-state index in [1.165, 1.54) is 11.1 Å². The molecule has 3 aromatic rings. The van der Waals surface area contributed by atoms with Gasteiger partial charge in [-0.2, -0.15) is 0 Å². The SMILES string of the molecule is Cc1ccc(CCN(C(=O)Cc2ccccc2)c2ccc(C)c(C)c2)nc1. The van der Waals surface area contributed by atoms with E-state index in [0.717, 1.165) is 28.9 Å². The van der Waals surface area contributed by atoms with E-state index in [-0.39, 0.29) is 5.91 Å². The van der Waals surface area contributed by atoms with Gasteiger partial charge in [-0.1, -0.05) is 42.5 Å². The van der Waals surface area contributed by atoms with Crippen LogP contribution in [0.4, 0.5) is 5.69 Å². The van der Waals surface area contributed by atoms with Gasteiger partial charge in [0.1, 0.15) is 0 Å². The maximum absolute atomic E-state index is 13.1. The number of nitrogens with zero attached hydrogens (tertiary/aromatic N) is 2. The minimum absolute atomic E-state index is 0.108. The van der Waals surface area contributed by atoms with Crippen molar-refractivity contribution in [1.82, 2.24) is 4.98 Å². The quantitative estimate of drug-likeness (QED) is 0.632. The third kappa shape index (κ3) is 5.04. The van der Waals surface area contributed by atoms with Crippen LogP contribution < -0.4 is 4.90 Å². The van der Waals surface area contributed by atoms with Gasteiger partial charge in [0.25, 0.3) is 0 Å². The molecular formula is C24H26N2O. The molecule has 0 spiro atoms. The highest BCUT2D eigenvalue weighted by Gasteiger charge is 2.17. The number of aryl methyl sites for hydroxylation is 3. The summed E-state index contributed by atoms with van der Waals surface area (Å²) in [6, 6.07) is 20.2. The molecule has 1 aromatic heterocycles. The molecule has 3 nitrogen and oxygen atoms in total. The largest absolute Gasteiger partial charge is 0.312 e. The van der Waals surface area contributed by atoms with Gasteiger partial charge in [0.15, 0.2) is 0 Å². The third-order valence-corrected chi connectivity index (χ3v) is 4.87. The Labute approximate surface area is 161 Å². The maximum Gasteiger partial charge on any atom is 0.231 e. The van der Waals surface area contributed by atoms with E-state index in [9.17, 15) is 4.79 Å². The molecule has 0 aliphatic heterocycles. The molecule has 0 radical (unpaired) electrons. The van der Waals surface area contributed by atoms with E-state index in [1.807, 2.05) is 60.5 Å². The van der Waals surface area contributed by atoms with Gasteiger partial charge in [0.05, 0.1) is 6.42 Å². The lowest BCUT2D eigenvalue weighted by Crippen LogP contribution is -2.34. The van der Waals surface area contributed by atoms with Crippen LogP contribution in [0.2, 0.25) is 0 Å². The summed E-state index contributed by atoms with van der Waals surface area (Å²) in [4.78, 5) is 19.5. The highest BCUT2D eigenvalue weighted by atomic mass is 16.2. The van der Waals surface area contributed by atoms with Gasteiger partial charge >= 0.3 is 0 Å². The molecule has 0 aliphatic carbocycles. The first-order chi connectivity index (χ1) is 13.0. The van der Waals surface area contributed by atoms with E-state index in [4.69, 9.17) is 0 Å². The summed E-state index contributed by atoms with van der Waals surface area (Å²) in [7, 11) is 0. The molecule has 0 saturated carbocycles. The topological polar surface area (TPSA) is 33.2 Å². The Kier molecular flexibility index (Phi) is 6.02. The zero-order valence-electron chi connectivity index (χ0n) is 16.3. The predicted molar refractivity (Wildman–Crippen MR) is 111 cm³/mol. The number of aromatic nitrogens is 1. The van der Waals surface area contributed by atoms with E-state index < -0.39 is 0 Å². The zero-order chi connectivity index (χ0) is 19.2. The highest BCUT2D eigenvalue weighted by molar-refractivity contribution is 5.94. The fourth-order valence-electron chi connectivity index (χ4n) is 3.03. The van der Waals surface area contributed by atoms with E-state index in [0.29, 0.717) is 13.0 Å². The van der Waals surface area contributed by atoms with Crippen molar-refractivity contribution in [2.75, 3.05) is 11.4 Å². The fourth-order valence-corrected chi connectivity index (χ4v) is 3.03. The predicted octanol–water partition coefficient (Wildman–Crippen LogP) is 4.83. The third-order valence-electron chi connectivity index (χ3n) is 4.87. The van der Waals surface area contributed by atoms with Crippen molar-refractivity contribution < 1.29 is 4.79 Å². The first kappa shape index (κ1) is 18.8. The highest BCUT2D eigenvalue weighted by Crippen LogP contribution is 2.20. The van der Waals surface area contributed by atoms with Crippen molar-refractivity contribution in [3.63, 3.8) is 0 Å². The first-order valence-electron chi connectivity index (χ1n) is 9.36. The summed E-state index contributed by atoms with van der Waals surface area (Å²) in [5.41, 5.74) is 6.55. The number of pyridine rings is 1. The lowest BCUT2D eigenvalue weighted by molar-refractivity contribution is -0.118. The second-order valence-electron chi connectivity index (χ2n) is 7.05. The zero-order valence-corrected chi connectivity index (χ0v) is 16.3. The Bertz CT molecular complexity index is 901. The van der Waals surface area contributed by atoms with Crippen LogP contribution in [0.25, 0.3) is 0 Å². The number of benzene rings is 2. The van der Waals surface area contributed by atoms with Gasteiger partial charge in [0.2, 0.25) is 5.91 Å². The maximum atomic E-state index is 13.1. The molecule has 0 N–H and O–H groups in total. The van der Waals surface area contributed by atoms with Crippen LogP contribution in [0.5, 0.6) is 0 Å². The molecule has 0 bridgehead atoms. The normalized spacial score (nSPS) is 10.6. The molecule has 0 saturated heterocycles. The van der Waals surface area contributed by atoms with Gasteiger partial charge < -0.3 is 4.90 Å². The molecule has 2 aromatic carbocycles. The van der Waals surface area contributed by atoms with Crippen LogP contribution in [0.1, 0.15) is 27.9 Å². The van der Waals surface area contributed by atoms with E-state index >= 15 is 0 Å². The summed E-state index contributed by atoms with van der Waals surface area (Å²) in [6.45, 7) is 6.82. The summed E-state index contributed by atoms with van der Waals surface area (Å²) in [5, 5.41) is 0. The molecule has 27 heavy (non-hydrogen) atoms. The van der Waals surface area contributed by atoms with Crippen LogP contribution in [0.15, 0.2) is 66.9 Å². The molecule has 138 valence electrons. The molecule has 3 rings (SSSR count). The number of hydrogen-bond acceptors (Lipinski definition) is 2. The van der Waals surface area contributed by atoms with Crippen LogP contribution in [0, 0.1) is 20.8 Å². The van der Waals surface area contributed by atoms with Gasteiger partial charge in [-0.25, -0.2) is 0 Å². The molecule has 3 heteroatoms. The van der Waals surface area contributed by atoms with Crippen molar-refractivity contribution in [3.8, 4) is 0 Å². The Morgan fingerprint density at radius 3 is 2.37 bits per heavy atom. The van der Waals surface area contributed by atoms with E-state index in [2.05, 4.69) is 37.0 Å². The average molecular weight is 358 g/mol. The van der Waals surface area contributed by atoms with Gasteiger partial charge in [0, 0.05) is 30.5 Å². The Balaban J connectivity index is 1.82. The number of carbonyl (C=O) groups is 1. The number of carbonyl (C=O) groups excluding carboxylic acids is 1. The van der Waals surface area contributed by atoms with Gasteiger partial charge in [-0.05, 0) is 61.2 Å². The molecule has 0 unspecified atom stereocenters. The minimum Gasteiger partial charge on any atom is -0.312 e. The summed E-state index contributed by atoms with van der Waals surface area (Å²) < 4.78 is 0. The summed E-state index contributed by atoms with van der Waals surface area (Å²) in [5.74, 6) is 0.108. The fraction of sp³-hybridized carbons (Fsp3) is 0.250. The van der Waals surface area contributed by atoms with Gasteiger partial charge in [-0.3, -0.25) is 9.78 Å². The average Bonchev–Trinajstić information content (AvgIpc) is 2.67.